The molecular weight excluding hydrogens is 382 g/mol. The zero-order valence-electron chi connectivity index (χ0n) is 16.7. The zero-order valence-corrected chi connectivity index (χ0v) is 16.7. The number of benzene rings is 2. The Bertz CT molecular complexity index is 1320. The second kappa shape index (κ2) is 6.19. The van der Waals surface area contributed by atoms with Gasteiger partial charge in [-0.1, -0.05) is 44.2 Å². The molecule has 0 saturated heterocycles. The number of aromatic nitrogens is 3. The third-order valence-electron chi connectivity index (χ3n) is 5.87. The fourth-order valence-corrected chi connectivity index (χ4v) is 4.61. The van der Waals surface area contributed by atoms with Gasteiger partial charge in [-0.05, 0) is 41.7 Å². The van der Waals surface area contributed by atoms with E-state index in [0.29, 0.717) is 35.4 Å². The minimum absolute atomic E-state index is 0.0550. The van der Waals surface area contributed by atoms with Crippen molar-refractivity contribution < 1.29 is 9.90 Å². The van der Waals surface area contributed by atoms with Crippen LogP contribution in [0.25, 0.3) is 11.4 Å². The number of allylic oxidation sites excluding steroid dienone is 2. The third kappa shape index (κ3) is 2.55. The quantitative estimate of drug-likeness (QED) is 0.713. The molecule has 2 aliphatic rings. The lowest BCUT2D eigenvalue weighted by Crippen LogP contribution is -2.33. The van der Waals surface area contributed by atoms with Gasteiger partial charge in [0.05, 0.1) is 11.4 Å². The normalized spacial score (nSPS) is 19.7. The largest absolute Gasteiger partial charge is 0.508 e. The number of rotatable bonds is 2. The minimum Gasteiger partial charge on any atom is -0.508 e. The van der Waals surface area contributed by atoms with Crippen molar-refractivity contribution >= 4 is 11.5 Å². The molecule has 5 rings (SSSR count). The number of hydrogen-bond donors (Lipinski definition) is 1. The van der Waals surface area contributed by atoms with Crippen molar-refractivity contribution in [3.63, 3.8) is 0 Å². The average Bonchev–Trinajstić information content (AvgIpc) is 3.16. The van der Waals surface area contributed by atoms with Crippen LogP contribution in [0.15, 0.2) is 69.8 Å². The summed E-state index contributed by atoms with van der Waals surface area (Å²) in [6.07, 6.45) is 0.869. The molecule has 0 amide bonds. The molecule has 2 aromatic carbocycles. The van der Waals surface area contributed by atoms with E-state index in [0.717, 1.165) is 4.57 Å². The Balaban J connectivity index is 1.83. The molecule has 7 heteroatoms. The van der Waals surface area contributed by atoms with E-state index < -0.39 is 17.4 Å². The van der Waals surface area contributed by atoms with Gasteiger partial charge in [0.15, 0.2) is 5.78 Å². The van der Waals surface area contributed by atoms with E-state index in [2.05, 4.69) is 0 Å². The standard InChI is InChI=1S/C23H21N3O4/c1-23(2)12-17-19(18(28)13-23)20(14-8-10-16(27)11-9-14)26-22(30)24(21(29)25(17)26)15-6-4-3-5-7-15/h3-11,20,27H,12-13H2,1-2H3. The van der Waals surface area contributed by atoms with E-state index in [1.807, 2.05) is 19.9 Å². The van der Waals surface area contributed by atoms with Crippen LogP contribution in [-0.2, 0) is 4.79 Å². The Morgan fingerprint density at radius 1 is 0.900 bits per heavy atom. The molecule has 7 nitrogen and oxygen atoms in total. The Hall–Kier alpha value is -3.61. The first-order valence-electron chi connectivity index (χ1n) is 9.86. The molecule has 30 heavy (non-hydrogen) atoms. The van der Waals surface area contributed by atoms with E-state index in [4.69, 9.17) is 0 Å². The van der Waals surface area contributed by atoms with E-state index in [1.165, 1.54) is 21.5 Å². The minimum atomic E-state index is -0.700. The summed E-state index contributed by atoms with van der Waals surface area (Å²) < 4.78 is 3.90. The van der Waals surface area contributed by atoms with Gasteiger partial charge in [-0.3, -0.25) is 4.79 Å². The van der Waals surface area contributed by atoms with Crippen molar-refractivity contribution in [3.8, 4) is 11.4 Å². The van der Waals surface area contributed by atoms with E-state index in [-0.39, 0.29) is 16.9 Å². The molecule has 0 bridgehead atoms. The van der Waals surface area contributed by atoms with Crippen LogP contribution in [0.3, 0.4) is 0 Å². The number of phenolic OH excluding ortho intramolecular Hbond substituents is 1. The summed E-state index contributed by atoms with van der Waals surface area (Å²) in [5.74, 6) is 0.0363. The first-order chi connectivity index (χ1) is 14.3. The summed E-state index contributed by atoms with van der Waals surface area (Å²) >= 11 is 0. The van der Waals surface area contributed by atoms with Gasteiger partial charge in [0.1, 0.15) is 11.8 Å². The summed E-state index contributed by atoms with van der Waals surface area (Å²) in [5.41, 5.74) is 0.951. The third-order valence-corrected chi connectivity index (χ3v) is 5.87. The van der Waals surface area contributed by atoms with E-state index in [9.17, 15) is 19.5 Å². The molecule has 1 atom stereocenters. The van der Waals surface area contributed by atoms with Gasteiger partial charge in [0.25, 0.3) is 0 Å². The van der Waals surface area contributed by atoms with Crippen LogP contribution in [0.2, 0.25) is 0 Å². The smallest absolute Gasteiger partial charge is 0.356 e. The van der Waals surface area contributed by atoms with Crippen LogP contribution in [0.4, 0.5) is 0 Å². The van der Waals surface area contributed by atoms with Gasteiger partial charge in [-0.25, -0.2) is 23.5 Å². The lowest BCUT2D eigenvalue weighted by Gasteiger charge is -2.30. The highest BCUT2D eigenvalue weighted by Crippen LogP contribution is 2.46. The molecule has 0 saturated carbocycles. The molecular formula is C23H21N3O4. The number of nitrogens with zero attached hydrogens (tertiary/aromatic N) is 3. The Kier molecular flexibility index (Phi) is 3.80. The fraction of sp³-hybridized carbons (Fsp3) is 0.261. The van der Waals surface area contributed by atoms with Crippen LogP contribution in [0.5, 0.6) is 5.75 Å². The molecule has 1 unspecified atom stereocenters. The topological polar surface area (TPSA) is 86.2 Å². The summed E-state index contributed by atoms with van der Waals surface area (Å²) in [6, 6.07) is 14.5. The number of aromatic hydroxyl groups is 1. The lowest BCUT2D eigenvalue weighted by molar-refractivity contribution is -0.118. The number of carbonyl (C=O) groups is 1. The van der Waals surface area contributed by atoms with Crippen molar-refractivity contribution in [1.29, 1.82) is 0 Å². The number of ketones is 1. The number of phenols is 1. The number of hydrogen-bond acceptors (Lipinski definition) is 4. The summed E-state index contributed by atoms with van der Waals surface area (Å²) in [7, 11) is 0. The lowest BCUT2D eigenvalue weighted by atomic mass is 9.74. The zero-order chi connectivity index (χ0) is 21.2. The molecule has 1 aliphatic carbocycles. The van der Waals surface area contributed by atoms with E-state index >= 15 is 0 Å². The van der Waals surface area contributed by atoms with Crippen LogP contribution in [0.1, 0.15) is 38.3 Å². The predicted octanol–water partition coefficient (Wildman–Crippen LogP) is 2.71. The molecule has 1 aliphatic heterocycles. The Morgan fingerprint density at radius 2 is 1.57 bits per heavy atom. The van der Waals surface area contributed by atoms with Crippen LogP contribution < -0.4 is 11.4 Å². The number of Topliss-reactive ketones (excluding diaryl/α,β-unsaturated/α-hetero) is 1. The van der Waals surface area contributed by atoms with Gasteiger partial charge in [0.2, 0.25) is 0 Å². The Morgan fingerprint density at radius 3 is 2.23 bits per heavy atom. The molecule has 0 spiro atoms. The van der Waals surface area contributed by atoms with Crippen LogP contribution in [-0.4, -0.2) is 24.8 Å². The maximum Gasteiger partial charge on any atom is 0.356 e. The second-order valence-electron chi connectivity index (χ2n) is 8.69. The highest BCUT2D eigenvalue weighted by Gasteiger charge is 2.45. The van der Waals surface area contributed by atoms with Crippen molar-refractivity contribution in [2.45, 2.75) is 32.7 Å². The Labute approximate surface area is 172 Å². The summed E-state index contributed by atoms with van der Waals surface area (Å²) in [6.45, 7) is 3.98. The maximum absolute atomic E-state index is 13.5. The molecule has 2 heterocycles. The first kappa shape index (κ1) is 18.4. The van der Waals surface area contributed by atoms with Gasteiger partial charge < -0.3 is 5.11 Å². The molecule has 1 aromatic heterocycles. The molecule has 152 valence electrons. The summed E-state index contributed by atoms with van der Waals surface area (Å²) in [4.78, 5) is 40.0. The van der Waals surface area contributed by atoms with Gasteiger partial charge in [-0.15, -0.1) is 0 Å². The SMILES string of the molecule is CC1(C)CC(=O)C2=C(C1)n1c(=O)n(-c3ccccc3)c(=O)n1C2c1ccc(O)cc1. The maximum atomic E-state index is 13.5. The molecule has 0 fully saturated rings. The molecule has 0 radical (unpaired) electrons. The van der Waals surface area contributed by atoms with Crippen molar-refractivity contribution in [1.82, 2.24) is 13.9 Å². The van der Waals surface area contributed by atoms with Gasteiger partial charge >= 0.3 is 11.4 Å². The van der Waals surface area contributed by atoms with E-state index in [1.54, 1.807) is 36.4 Å². The monoisotopic (exact) mass is 403 g/mol. The highest BCUT2D eigenvalue weighted by atomic mass is 16.3. The number of para-hydroxylation sites is 1. The van der Waals surface area contributed by atoms with Crippen molar-refractivity contribution in [2.75, 3.05) is 0 Å². The van der Waals surface area contributed by atoms with Crippen molar-refractivity contribution in [3.05, 3.63) is 86.7 Å². The van der Waals surface area contributed by atoms with Crippen LogP contribution >= 0.6 is 0 Å². The van der Waals surface area contributed by atoms with Crippen LogP contribution in [0, 0.1) is 5.41 Å². The predicted molar refractivity (Wildman–Crippen MR) is 112 cm³/mol. The van der Waals surface area contributed by atoms with Gasteiger partial charge in [-0.2, -0.15) is 0 Å². The average molecular weight is 403 g/mol. The highest BCUT2D eigenvalue weighted by molar-refractivity contribution is 6.04. The molecule has 3 aromatic rings. The van der Waals surface area contributed by atoms with Crippen molar-refractivity contribution in [2.24, 2.45) is 5.41 Å². The number of carbonyl (C=O) groups excluding carboxylic acids is 1. The second-order valence-corrected chi connectivity index (χ2v) is 8.69. The summed E-state index contributed by atoms with van der Waals surface area (Å²) in [5, 5.41) is 9.69. The molecule has 1 N–H and O–H groups in total. The fourth-order valence-electron chi connectivity index (χ4n) is 4.61. The number of fused-ring (bicyclic) bond motifs is 2. The van der Waals surface area contributed by atoms with Gasteiger partial charge in [0, 0.05) is 12.0 Å². The first-order valence-corrected chi connectivity index (χ1v) is 9.86.